The van der Waals surface area contributed by atoms with E-state index in [2.05, 4.69) is 13.5 Å². The molecular formula is C14H27N. The Kier molecular flexibility index (Phi) is 6.00. The molecule has 0 aromatic rings. The third-order valence-corrected chi connectivity index (χ3v) is 3.66. The second-order valence-corrected chi connectivity index (χ2v) is 5.16. The molecule has 1 saturated carbocycles. The predicted octanol–water partition coefficient (Wildman–Crippen LogP) is 4.03. The van der Waals surface area contributed by atoms with Gasteiger partial charge in [0.05, 0.1) is 0 Å². The zero-order valence-corrected chi connectivity index (χ0v) is 10.3. The van der Waals surface area contributed by atoms with E-state index >= 15 is 0 Å². The molecule has 2 N–H and O–H groups in total. The summed E-state index contributed by atoms with van der Waals surface area (Å²) in [6.07, 6.45) is 11.9. The van der Waals surface area contributed by atoms with E-state index in [4.69, 9.17) is 5.73 Å². The lowest BCUT2D eigenvalue weighted by Gasteiger charge is -2.19. The highest BCUT2D eigenvalue weighted by molar-refractivity contribution is 4.96. The van der Waals surface area contributed by atoms with Crippen LogP contribution in [-0.4, -0.2) is 6.04 Å². The van der Waals surface area contributed by atoms with Crippen molar-refractivity contribution in [2.45, 2.75) is 70.8 Å². The average Bonchev–Trinajstić information content (AvgIpc) is 2.46. The van der Waals surface area contributed by atoms with Gasteiger partial charge in [-0.15, -0.1) is 0 Å². The molecule has 1 atom stereocenters. The highest BCUT2D eigenvalue weighted by atomic mass is 14.6. The molecule has 0 aliphatic heterocycles. The maximum absolute atomic E-state index is 6.17. The van der Waals surface area contributed by atoms with E-state index in [-0.39, 0.29) is 0 Å². The SMILES string of the molecule is C=C(CC)CC(N)CC1CCCCCC1. The van der Waals surface area contributed by atoms with Crippen LogP contribution in [0.1, 0.15) is 64.7 Å². The molecule has 0 radical (unpaired) electrons. The summed E-state index contributed by atoms with van der Waals surface area (Å²) in [5.41, 5.74) is 7.49. The van der Waals surface area contributed by atoms with Gasteiger partial charge in [-0.3, -0.25) is 0 Å². The number of hydrogen-bond donors (Lipinski definition) is 1. The Morgan fingerprint density at radius 3 is 2.40 bits per heavy atom. The molecular weight excluding hydrogens is 182 g/mol. The highest BCUT2D eigenvalue weighted by Crippen LogP contribution is 2.27. The largest absolute Gasteiger partial charge is 0.327 e. The molecule has 1 heteroatoms. The molecule has 88 valence electrons. The molecule has 0 aromatic heterocycles. The summed E-state index contributed by atoms with van der Waals surface area (Å²) in [5, 5.41) is 0. The quantitative estimate of drug-likeness (QED) is 0.537. The van der Waals surface area contributed by atoms with Crippen LogP contribution in [0.4, 0.5) is 0 Å². The molecule has 1 aliphatic carbocycles. The molecule has 0 heterocycles. The maximum Gasteiger partial charge on any atom is 0.00786 e. The van der Waals surface area contributed by atoms with Crippen LogP contribution in [-0.2, 0) is 0 Å². The Morgan fingerprint density at radius 2 is 1.87 bits per heavy atom. The molecule has 15 heavy (non-hydrogen) atoms. The molecule has 1 unspecified atom stereocenters. The van der Waals surface area contributed by atoms with Gasteiger partial charge in [-0.2, -0.15) is 0 Å². The Hall–Kier alpha value is -0.300. The first-order chi connectivity index (χ1) is 7.22. The van der Waals surface area contributed by atoms with Gasteiger partial charge < -0.3 is 5.73 Å². The van der Waals surface area contributed by atoms with Crippen molar-refractivity contribution in [3.05, 3.63) is 12.2 Å². The molecule has 0 saturated heterocycles. The summed E-state index contributed by atoms with van der Waals surface area (Å²) in [4.78, 5) is 0. The lowest BCUT2D eigenvalue weighted by molar-refractivity contribution is 0.386. The normalized spacial score (nSPS) is 20.9. The Bertz CT molecular complexity index is 178. The van der Waals surface area contributed by atoms with Crippen molar-refractivity contribution in [1.82, 2.24) is 0 Å². The van der Waals surface area contributed by atoms with Gasteiger partial charge in [0.2, 0.25) is 0 Å². The molecule has 0 aromatic carbocycles. The molecule has 0 bridgehead atoms. The summed E-state index contributed by atoms with van der Waals surface area (Å²) in [7, 11) is 0. The van der Waals surface area contributed by atoms with Crippen molar-refractivity contribution in [2.24, 2.45) is 11.7 Å². The number of nitrogens with two attached hydrogens (primary N) is 1. The second-order valence-electron chi connectivity index (χ2n) is 5.16. The van der Waals surface area contributed by atoms with E-state index in [0.29, 0.717) is 6.04 Å². The summed E-state index contributed by atoms with van der Waals surface area (Å²) in [5.74, 6) is 0.896. The Labute approximate surface area is 95.1 Å². The van der Waals surface area contributed by atoms with Crippen molar-refractivity contribution in [2.75, 3.05) is 0 Å². The second kappa shape index (κ2) is 7.05. The lowest BCUT2D eigenvalue weighted by atomic mass is 9.90. The maximum atomic E-state index is 6.17. The van der Waals surface area contributed by atoms with Gasteiger partial charge in [0.15, 0.2) is 0 Å². The van der Waals surface area contributed by atoms with Gasteiger partial charge >= 0.3 is 0 Å². The lowest BCUT2D eigenvalue weighted by Crippen LogP contribution is -2.24. The van der Waals surface area contributed by atoms with Gasteiger partial charge in [-0.05, 0) is 25.2 Å². The van der Waals surface area contributed by atoms with Crippen LogP contribution in [0.3, 0.4) is 0 Å². The van der Waals surface area contributed by atoms with Crippen LogP contribution in [0.15, 0.2) is 12.2 Å². The standard InChI is InChI=1S/C14H27N/c1-3-12(2)10-14(15)11-13-8-6-4-5-7-9-13/h13-14H,2-11,15H2,1H3. The van der Waals surface area contributed by atoms with E-state index in [1.165, 1.54) is 50.5 Å². The van der Waals surface area contributed by atoms with Crippen LogP contribution in [0.25, 0.3) is 0 Å². The van der Waals surface area contributed by atoms with E-state index < -0.39 is 0 Å². The highest BCUT2D eigenvalue weighted by Gasteiger charge is 2.15. The molecule has 1 rings (SSSR count). The van der Waals surface area contributed by atoms with Gasteiger partial charge in [0.25, 0.3) is 0 Å². The van der Waals surface area contributed by atoms with Crippen molar-refractivity contribution in [1.29, 1.82) is 0 Å². The fourth-order valence-corrected chi connectivity index (χ4v) is 2.63. The van der Waals surface area contributed by atoms with E-state index in [0.717, 1.165) is 18.8 Å². The van der Waals surface area contributed by atoms with Crippen molar-refractivity contribution in [3.8, 4) is 0 Å². The van der Waals surface area contributed by atoms with E-state index in [1.54, 1.807) is 0 Å². The number of hydrogen-bond acceptors (Lipinski definition) is 1. The zero-order chi connectivity index (χ0) is 11.1. The first-order valence-corrected chi connectivity index (χ1v) is 6.64. The van der Waals surface area contributed by atoms with Gasteiger partial charge in [-0.1, -0.05) is 57.6 Å². The van der Waals surface area contributed by atoms with Crippen LogP contribution in [0.2, 0.25) is 0 Å². The number of rotatable bonds is 5. The zero-order valence-electron chi connectivity index (χ0n) is 10.3. The topological polar surface area (TPSA) is 26.0 Å². The summed E-state index contributed by atoms with van der Waals surface area (Å²) in [6, 6.07) is 0.362. The summed E-state index contributed by atoms with van der Waals surface area (Å²) >= 11 is 0. The molecule has 0 spiro atoms. The van der Waals surface area contributed by atoms with Crippen molar-refractivity contribution >= 4 is 0 Å². The molecule has 1 nitrogen and oxygen atoms in total. The first kappa shape index (κ1) is 12.8. The summed E-state index contributed by atoms with van der Waals surface area (Å²) in [6.45, 7) is 6.21. The fourth-order valence-electron chi connectivity index (χ4n) is 2.63. The van der Waals surface area contributed by atoms with Gasteiger partial charge in [-0.25, -0.2) is 0 Å². The monoisotopic (exact) mass is 209 g/mol. The third kappa shape index (κ3) is 5.36. The average molecular weight is 209 g/mol. The van der Waals surface area contributed by atoms with E-state index in [1.807, 2.05) is 0 Å². The molecule has 0 amide bonds. The van der Waals surface area contributed by atoms with Crippen molar-refractivity contribution < 1.29 is 0 Å². The van der Waals surface area contributed by atoms with Gasteiger partial charge in [0, 0.05) is 6.04 Å². The minimum absolute atomic E-state index is 0.362. The first-order valence-electron chi connectivity index (χ1n) is 6.64. The minimum Gasteiger partial charge on any atom is -0.327 e. The smallest absolute Gasteiger partial charge is 0.00786 e. The third-order valence-electron chi connectivity index (χ3n) is 3.66. The van der Waals surface area contributed by atoms with Crippen LogP contribution >= 0.6 is 0 Å². The molecule has 1 aliphatic rings. The predicted molar refractivity (Wildman–Crippen MR) is 67.8 cm³/mol. The minimum atomic E-state index is 0.362. The Balaban J connectivity index is 2.23. The van der Waals surface area contributed by atoms with Crippen LogP contribution in [0, 0.1) is 5.92 Å². The Morgan fingerprint density at radius 1 is 1.27 bits per heavy atom. The van der Waals surface area contributed by atoms with Crippen LogP contribution in [0.5, 0.6) is 0 Å². The molecule has 1 fully saturated rings. The summed E-state index contributed by atoms with van der Waals surface area (Å²) < 4.78 is 0. The van der Waals surface area contributed by atoms with Crippen LogP contribution < -0.4 is 5.73 Å². The van der Waals surface area contributed by atoms with E-state index in [9.17, 15) is 0 Å². The van der Waals surface area contributed by atoms with Crippen molar-refractivity contribution in [3.63, 3.8) is 0 Å². The fraction of sp³-hybridized carbons (Fsp3) is 0.857. The van der Waals surface area contributed by atoms with Gasteiger partial charge in [0.1, 0.15) is 0 Å².